The van der Waals surface area contributed by atoms with Crippen LogP contribution in [0.25, 0.3) is 0 Å². The topological polar surface area (TPSA) is 72.3 Å². The Balaban J connectivity index is 1.92. The molecule has 1 amide bonds. The van der Waals surface area contributed by atoms with Crippen molar-refractivity contribution in [1.82, 2.24) is 4.90 Å². The molecular weight excluding hydrogens is 262 g/mol. The Hall–Kier alpha value is -1.39. The molecule has 1 fully saturated rings. The molecule has 1 aliphatic rings. The van der Waals surface area contributed by atoms with Gasteiger partial charge in [0, 0.05) is 31.6 Å². The fourth-order valence-electron chi connectivity index (χ4n) is 3.11. The van der Waals surface area contributed by atoms with E-state index in [2.05, 4.69) is 12.1 Å². The lowest BCUT2D eigenvalue weighted by Gasteiger charge is -2.31. The van der Waals surface area contributed by atoms with Crippen molar-refractivity contribution in [3.8, 4) is 0 Å². The molecule has 21 heavy (non-hydrogen) atoms. The summed E-state index contributed by atoms with van der Waals surface area (Å²) in [6.45, 7) is 1.89. The number of hydrogen-bond acceptors (Lipinski definition) is 3. The largest absolute Gasteiger partial charge is 0.341 e. The van der Waals surface area contributed by atoms with Gasteiger partial charge in [-0.1, -0.05) is 36.8 Å². The van der Waals surface area contributed by atoms with E-state index in [1.165, 1.54) is 5.56 Å². The Labute approximate surface area is 127 Å². The van der Waals surface area contributed by atoms with E-state index in [4.69, 9.17) is 11.5 Å². The van der Waals surface area contributed by atoms with Gasteiger partial charge in [-0.2, -0.15) is 0 Å². The van der Waals surface area contributed by atoms with Gasteiger partial charge >= 0.3 is 0 Å². The molecule has 2 atom stereocenters. The minimum atomic E-state index is 0.0936. The van der Waals surface area contributed by atoms with Crippen molar-refractivity contribution in [2.45, 2.75) is 38.1 Å². The molecule has 4 heteroatoms. The molecule has 0 bridgehead atoms. The molecule has 2 unspecified atom stereocenters. The molecule has 0 spiro atoms. The summed E-state index contributed by atoms with van der Waals surface area (Å²) < 4.78 is 0. The molecule has 0 heterocycles. The summed E-state index contributed by atoms with van der Waals surface area (Å²) in [4.78, 5) is 14.6. The van der Waals surface area contributed by atoms with Crippen LogP contribution in [0.3, 0.4) is 0 Å². The Morgan fingerprint density at radius 2 is 1.95 bits per heavy atom. The number of nitrogens with zero attached hydrogens (tertiary/aromatic N) is 1. The van der Waals surface area contributed by atoms with E-state index in [1.807, 2.05) is 23.1 Å². The summed E-state index contributed by atoms with van der Waals surface area (Å²) in [5.74, 6) is 0.336. The van der Waals surface area contributed by atoms with Crippen LogP contribution in [0.5, 0.6) is 0 Å². The van der Waals surface area contributed by atoms with E-state index in [0.29, 0.717) is 13.1 Å². The van der Waals surface area contributed by atoms with Gasteiger partial charge in [-0.05, 0) is 31.2 Å². The molecule has 4 nitrogen and oxygen atoms in total. The average molecular weight is 289 g/mol. The fraction of sp³-hybridized carbons (Fsp3) is 0.588. The van der Waals surface area contributed by atoms with Gasteiger partial charge in [-0.3, -0.25) is 4.79 Å². The van der Waals surface area contributed by atoms with Crippen LogP contribution in [0.1, 0.15) is 31.2 Å². The predicted molar refractivity (Wildman–Crippen MR) is 85.7 cm³/mol. The highest BCUT2D eigenvalue weighted by atomic mass is 16.2. The molecule has 116 valence electrons. The van der Waals surface area contributed by atoms with Gasteiger partial charge in [0.05, 0.1) is 0 Å². The summed E-state index contributed by atoms with van der Waals surface area (Å²) in [5, 5.41) is 0. The zero-order valence-electron chi connectivity index (χ0n) is 12.7. The third kappa shape index (κ3) is 4.83. The first kappa shape index (κ1) is 16.0. The molecule has 1 aromatic carbocycles. The van der Waals surface area contributed by atoms with Gasteiger partial charge in [0.1, 0.15) is 0 Å². The fourth-order valence-corrected chi connectivity index (χ4v) is 3.11. The standard InChI is InChI=1S/C17H27N3O/c18-10-12-20(11-9-14-5-2-1-3-6-14)17(21)15-7-4-8-16(19)13-15/h1-3,5-6,15-16H,4,7-13,18-19H2. The van der Waals surface area contributed by atoms with Crippen LogP contribution in [0, 0.1) is 5.92 Å². The number of rotatable bonds is 6. The summed E-state index contributed by atoms with van der Waals surface area (Å²) in [5.41, 5.74) is 12.9. The number of carbonyl (C=O) groups is 1. The van der Waals surface area contributed by atoms with Crippen LogP contribution < -0.4 is 11.5 Å². The van der Waals surface area contributed by atoms with E-state index >= 15 is 0 Å². The third-order valence-corrected chi connectivity index (χ3v) is 4.29. The summed E-state index contributed by atoms with van der Waals surface area (Å²) in [6.07, 6.45) is 4.78. The van der Waals surface area contributed by atoms with Gasteiger partial charge in [0.2, 0.25) is 5.91 Å². The van der Waals surface area contributed by atoms with E-state index < -0.39 is 0 Å². The van der Waals surface area contributed by atoms with E-state index in [1.54, 1.807) is 0 Å². The summed E-state index contributed by atoms with van der Waals surface area (Å²) in [7, 11) is 0. The maximum Gasteiger partial charge on any atom is 0.225 e. The second-order valence-corrected chi connectivity index (χ2v) is 5.97. The Morgan fingerprint density at radius 1 is 1.19 bits per heavy atom. The highest BCUT2D eigenvalue weighted by Crippen LogP contribution is 2.25. The van der Waals surface area contributed by atoms with Crippen LogP contribution in [0.15, 0.2) is 30.3 Å². The van der Waals surface area contributed by atoms with E-state index in [9.17, 15) is 4.79 Å². The number of benzene rings is 1. The zero-order valence-corrected chi connectivity index (χ0v) is 12.7. The van der Waals surface area contributed by atoms with E-state index in [-0.39, 0.29) is 17.9 Å². The van der Waals surface area contributed by atoms with E-state index in [0.717, 1.165) is 38.6 Å². The number of nitrogens with two attached hydrogens (primary N) is 2. The summed E-state index contributed by atoms with van der Waals surface area (Å²) in [6, 6.07) is 10.5. The number of amides is 1. The molecule has 0 radical (unpaired) electrons. The SMILES string of the molecule is NCCN(CCc1ccccc1)C(=O)C1CCCC(N)C1. The maximum atomic E-state index is 12.7. The number of carbonyl (C=O) groups excluding carboxylic acids is 1. The summed E-state index contributed by atoms with van der Waals surface area (Å²) >= 11 is 0. The molecule has 0 aromatic heterocycles. The highest BCUT2D eigenvalue weighted by Gasteiger charge is 2.28. The average Bonchev–Trinajstić information content (AvgIpc) is 2.52. The van der Waals surface area contributed by atoms with Crippen LogP contribution in [0.2, 0.25) is 0 Å². The van der Waals surface area contributed by atoms with Crippen molar-refractivity contribution in [1.29, 1.82) is 0 Å². The smallest absolute Gasteiger partial charge is 0.225 e. The first-order valence-electron chi connectivity index (χ1n) is 7.99. The lowest BCUT2D eigenvalue weighted by molar-refractivity contribution is -0.136. The molecular formula is C17H27N3O. The van der Waals surface area contributed by atoms with Crippen molar-refractivity contribution >= 4 is 5.91 Å². The zero-order chi connectivity index (χ0) is 15.1. The first-order chi connectivity index (χ1) is 10.2. The Kier molecular flexibility index (Phi) is 6.21. The minimum Gasteiger partial charge on any atom is -0.341 e. The minimum absolute atomic E-state index is 0.0936. The van der Waals surface area contributed by atoms with Crippen molar-refractivity contribution in [3.63, 3.8) is 0 Å². The normalized spacial score (nSPS) is 22.0. The second-order valence-electron chi connectivity index (χ2n) is 5.97. The lowest BCUT2D eigenvalue weighted by atomic mass is 9.85. The molecule has 1 aliphatic carbocycles. The van der Waals surface area contributed by atoms with Crippen LogP contribution in [-0.4, -0.2) is 36.5 Å². The van der Waals surface area contributed by atoms with Gasteiger partial charge in [0.25, 0.3) is 0 Å². The predicted octanol–water partition coefficient (Wildman–Crippen LogP) is 1.53. The van der Waals surface area contributed by atoms with Crippen LogP contribution in [0.4, 0.5) is 0 Å². The van der Waals surface area contributed by atoms with Crippen molar-refractivity contribution in [3.05, 3.63) is 35.9 Å². The molecule has 0 saturated heterocycles. The van der Waals surface area contributed by atoms with Gasteiger partial charge in [0.15, 0.2) is 0 Å². The van der Waals surface area contributed by atoms with Crippen molar-refractivity contribution in [2.75, 3.05) is 19.6 Å². The monoisotopic (exact) mass is 289 g/mol. The quantitative estimate of drug-likeness (QED) is 0.834. The third-order valence-electron chi connectivity index (χ3n) is 4.29. The Morgan fingerprint density at radius 3 is 2.62 bits per heavy atom. The number of hydrogen-bond donors (Lipinski definition) is 2. The highest BCUT2D eigenvalue weighted by molar-refractivity contribution is 5.79. The Bertz CT molecular complexity index is 435. The van der Waals surface area contributed by atoms with Crippen LogP contribution >= 0.6 is 0 Å². The van der Waals surface area contributed by atoms with Crippen molar-refractivity contribution < 1.29 is 4.79 Å². The van der Waals surface area contributed by atoms with Gasteiger partial charge in [-0.15, -0.1) is 0 Å². The molecule has 0 aliphatic heterocycles. The first-order valence-corrected chi connectivity index (χ1v) is 7.99. The van der Waals surface area contributed by atoms with Gasteiger partial charge < -0.3 is 16.4 Å². The second kappa shape index (κ2) is 8.15. The molecule has 4 N–H and O–H groups in total. The van der Waals surface area contributed by atoms with Crippen molar-refractivity contribution in [2.24, 2.45) is 17.4 Å². The molecule has 1 aromatic rings. The maximum absolute atomic E-state index is 12.7. The van der Waals surface area contributed by atoms with Gasteiger partial charge in [-0.25, -0.2) is 0 Å². The van der Waals surface area contributed by atoms with Crippen LogP contribution in [-0.2, 0) is 11.2 Å². The molecule has 2 rings (SSSR count). The molecule has 1 saturated carbocycles. The lowest BCUT2D eigenvalue weighted by Crippen LogP contribution is -2.43.